The van der Waals surface area contributed by atoms with Crippen LogP contribution in [0.25, 0.3) is 0 Å². The molecular formula is C26H25ClN6O5S. The summed E-state index contributed by atoms with van der Waals surface area (Å²) in [4.78, 5) is 49.9. The van der Waals surface area contributed by atoms with Gasteiger partial charge in [0.1, 0.15) is 30.2 Å². The number of benzene rings is 2. The third-order valence-corrected chi connectivity index (χ3v) is 7.18. The number of nitro benzene ring substituents is 1. The van der Waals surface area contributed by atoms with Gasteiger partial charge in [-0.3, -0.25) is 24.8 Å². The highest BCUT2D eigenvalue weighted by molar-refractivity contribution is 7.07. The number of aromatic nitrogens is 1. The van der Waals surface area contributed by atoms with Crippen molar-refractivity contribution in [1.82, 2.24) is 20.1 Å². The van der Waals surface area contributed by atoms with E-state index in [-0.39, 0.29) is 35.8 Å². The molecule has 3 heterocycles. The number of halogens is 1. The summed E-state index contributed by atoms with van der Waals surface area (Å²) in [6.07, 6.45) is -0.302. The maximum Gasteiger partial charge on any atom is 0.326 e. The van der Waals surface area contributed by atoms with Gasteiger partial charge in [-0.25, -0.2) is 9.78 Å². The van der Waals surface area contributed by atoms with E-state index in [0.717, 1.165) is 5.56 Å². The Morgan fingerprint density at radius 1 is 1.26 bits per heavy atom. The number of amides is 3. The molecule has 5 rings (SSSR count). The normalized spacial score (nSPS) is 19.2. The van der Waals surface area contributed by atoms with Crippen LogP contribution in [0, 0.1) is 10.1 Å². The first kappa shape index (κ1) is 26.6. The fourth-order valence-electron chi connectivity index (χ4n) is 4.64. The summed E-state index contributed by atoms with van der Waals surface area (Å²) < 4.78 is 5.99. The summed E-state index contributed by atoms with van der Waals surface area (Å²) in [5, 5.41) is 16.7. The van der Waals surface area contributed by atoms with Gasteiger partial charge in [-0.1, -0.05) is 23.7 Å². The van der Waals surface area contributed by atoms with Crippen LogP contribution in [-0.2, 0) is 4.79 Å². The minimum Gasteiger partial charge on any atom is -0.490 e. The molecule has 0 spiro atoms. The third-order valence-electron chi connectivity index (χ3n) is 6.33. The molecule has 3 amide bonds. The van der Waals surface area contributed by atoms with Gasteiger partial charge in [0, 0.05) is 29.6 Å². The van der Waals surface area contributed by atoms with Crippen LogP contribution in [-0.4, -0.2) is 63.2 Å². The average Bonchev–Trinajstić information content (AvgIpc) is 3.56. The van der Waals surface area contributed by atoms with Crippen molar-refractivity contribution >= 4 is 46.4 Å². The molecule has 11 nitrogen and oxygen atoms in total. The molecule has 1 saturated heterocycles. The number of urea groups is 1. The van der Waals surface area contributed by atoms with Gasteiger partial charge >= 0.3 is 6.03 Å². The van der Waals surface area contributed by atoms with Crippen molar-refractivity contribution in [1.29, 1.82) is 0 Å². The summed E-state index contributed by atoms with van der Waals surface area (Å²) in [6.45, 7) is 4.16. The van der Waals surface area contributed by atoms with E-state index < -0.39 is 23.0 Å². The van der Waals surface area contributed by atoms with E-state index in [1.54, 1.807) is 23.7 Å². The van der Waals surface area contributed by atoms with Crippen LogP contribution >= 0.6 is 22.9 Å². The molecule has 2 aromatic carbocycles. The molecule has 0 aliphatic carbocycles. The number of piperazine rings is 1. The van der Waals surface area contributed by atoms with Crippen LogP contribution in [0.15, 0.2) is 58.3 Å². The largest absolute Gasteiger partial charge is 0.490 e. The Kier molecular flexibility index (Phi) is 7.49. The number of thiazole rings is 1. The van der Waals surface area contributed by atoms with Crippen molar-refractivity contribution in [2.75, 3.05) is 19.6 Å². The molecule has 2 aliphatic rings. The standard InChI is InChI=1S/C26H25ClN6O5S/c1-15(2)38-21-11-18(33(36)37)7-8-19(21)25-30-23(16-3-5-17(27)6-4-16)24(20-13-39-14-29-20)32(25)26(35)31-10-9-28-22(34)12-31/h3-8,11,13-15,23-24H,9-10,12H2,1-2H3,(H,28,34)/t23-,24+/m0/s1. The lowest BCUT2D eigenvalue weighted by molar-refractivity contribution is -0.384. The third kappa shape index (κ3) is 5.43. The Labute approximate surface area is 233 Å². The SMILES string of the molecule is CC(C)Oc1cc([N+](=O)[O-])ccc1C1=N[C@@H](c2ccc(Cl)cc2)[C@@H](c2cscn2)N1C(=O)N1CCNC(=O)C1. The molecule has 0 bridgehead atoms. The number of carbonyl (C=O) groups excluding carboxylic acids is 2. The van der Waals surface area contributed by atoms with Gasteiger partial charge in [-0.15, -0.1) is 11.3 Å². The van der Waals surface area contributed by atoms with Crippen LogP contribution in [0.3, 0.4) is 0 Å². The minimum atomic E-state index is -0.646. The van der Waals surface area contributed by atoms with E-state index in [0.29, 0.717) is 29.4 Å². The summed E-state index contributed by atoms with van der Waals surface area (Å²) >= 11 is 7.55. The fraction of sp³-hybridized carbons (Fsp3) is 0.308. The predicted octanol–water partition coefficient (Wildman–Crippen LogP) is 4.59. The van der Waals surface area contributed by atoms with Crippen molar-refractivity contribution in [3.05, 3.63) is 85.3 Å². The maximum absolute atomic E-state index is 14.2. The fourth-order valence-corrected chi connectivity index (χ4v) is 5.35. The zero-order chi connectivity index (χ0) is 27.7. The minimum absolute atomic E-state index is 0.104. The molecule has 202 valence electrons. The zero-order valence-electron chi connectivity index (χ0n) is 21.1. The molecule has 0 unspecified atom stereocenters. The number of non-ortho nitro benzene ring substituents is 1. The molecule has 0 radical (unpaired) electrons. The van der Waals surface area contributed by atoms with Gasteiger partial charge in [0.05, 0.1) is 33.9 Å². The molecular weight excluding hydrogens is 544 g/mol. The maximum atomic E-state index is 14.2. The van der Waals surface area contributed by atoms with Crippen molar-refractivity contribution in [2.24, 2.45) is 4.99 Å². The van der Waals surface area contributed by atoms with Crippen LogP contribution in [0.1, 0.15) is 42.8 Å². The van der Waals surface area contributed by atoms with Gasteiger partial charge in [0.25, 0.3) is 5.69 Å². The van der Waals surface area contributed by atoms with Gasteiger partial charge in [0.15, 0.2) is 0 Å². The summed E-state index contributed by atoms with van der Waals surface area (Å²) in [5.74, 6) is 0.237. The second-order valence-corrected chi connectivity index (χ2v) is 10.5. The van der Waals surface area contributed by atoms with Crippen molar-refractivity contribution < 1.29 is 19.2 Å². The van der Waals surface area contributed by atoms with E-state index in [9.17, 15) is 19.7 Å². The lowest BCUT2D eigenvalue weighted by Gasteiger charge is -2.35. The lowest BCUT2D eigenvalue weighted by Crippen LogP contribution is -2.55. The number of hydrogen-bond acceptors (Lipinski definition) is 8. The van der Waals surface area contributed by atoms with E-state index in [2.05, 4.69) is 10.3 Å². The number of nitrogens with zero attached hydrogens (tertiary/aromatic N) is 5. The number of amidine groups is 1. The van der Waals surface area contributed by atoms with Gasteiger partial charge < -0.3 is 15.0 Å². The van der Waals surface area contributed by atoms with E-state index in [1.165, 1.54) is 33.3 Å². The molecule has 1 aromatic heterocycles. The molecule has 2 aliphatic heterocycles. The highest BCUT2D eigenvalue weighted by Gasteiger charge is 2.46. The van der Waals surface area contributed by atoms with E-state index in [4.69, 9.17) is 21.3 Å². The second kappa shape index (κ2) is 11.0. The number of aliphatic imine (C=N–C) groups is 1. The molecule has 1 N–H and O–H groups in total. The summed E-state index contributed by atoms with van der Waals surface area (Å²) in [6, 6.07) is 9.79. The molecule has 3 aromatic rings. The van der Waals surface area contributed by atoms with Crippen molar-refractivity contribution in [3.8, 4) is 5.75 Å². The van der Waals surface area contributed by atoms with Crippen molar-refractivity contribution in [2.45, 2.75) is 32.0 Å². The highest BCUT2D eigenvalue weighted by atomic mass is 35.5. The van der Waals surface area contributed by atoms with Crippen LogP contribution in [0.2, 0.25) is 5.02 Å². The number of carbonyl (C=O) groups is 2. The average molecular weight is 569 g/mol. The summed E-state index contributed by atoms with van der Waals surface area (Å²) in [5.41, 5.74) is 3.38. The lowest BCUT2D eigenvalue weighted by atomic mass is 9.98. The number of hydrogen-bond donors (Lipinski definition) is 1. The van der Waals surface area contributed by atoms with Crippen molar-refractivity contribution in [3.63, 3.8) is 0 Å². The molecule has 13 heteroatoms. The Morgan fingerprint density at radius 3 is 2.67 bits per heavy atom. The Hall–Kier alpha value is -4.03. The Balaban J connectivity index is 1.70. The van der Waals surface area contributed by atoms with Gasteiger partial charge in [-0.05, 0) is 37.6 Å². The van der Waals surface area contributed by atoms with Crippen LogP contribution < -0.4 is 10.1 Å². The monoisotopic (exact) mass is 568 g/mol. The first-order chi connectivity index (χ1) is 18.7. The smallest absolute Gasteiger partial charge is 0.326 e. The molecule has 39 heavy (non-hydrogen) atoms. The number of nitrogens with one attached hydrogen (secondary N) is 1. The summed E-state index contributed by atoms with van der Waals surface area (Å²) in [7, 11) is 0. The Bertz CT molecular complexity index is 1430. The van der Waals surface area contributed by atoms with Crippen LogP contribution in [0.5, 0.6) is 5.75 Å². The quantitative estimate of drug-likeness (QED) is 0.342. The highest BCUT2D eigenvalue weighted by Crippen LogP contribution is 2.45. The first-order valence-corrected chi connectivity index (χ1v) is 13.6. The van der Waals surface area contributed by atoms with Gasteiger partial charge in [-0.2, -0.15) is 0 Å². The first-order valence-electron chi connectivity index (χ1n) is 12.2. The van der Waals surface area contributed by atoms with E-state index >= 15 is 0 Å². The molecule has 2 atom stereocenters. The molecule has 0 saturated carbocycles. The number of rotatable bonds is 6. The molecule has 1 fully saturated rings. The Morgan fingerprint density at radius 2 is 2.03 bits per heavy atom. The van der Waals surface area contributed by atoms with E-state index in [1.807, 2.05) is 31.4 Å². The van der Waals surface area contributed by atoms with Gasteiger partial charge in [0.2, 0.25) is 5.91 Å². The predicted molar refractivity (Wildman–Crippen MR) is 146 cm³/mol. The second-order valence-electron chi connectivity index (χ2n) is 9.34. The zero-order valence-corrected chi connectivity index (χ0v) is 22.7. The van der Waals surface area contributed by atoms with Crippen LogP contribution in [0.4, 0.5) is 10.5 Å². The topological polar surface area (TPSA) is 130 Å². The number of nitro groups is 1. The number of ether oxygens (including phenoxy) is 1.